The van der Waals surface area contributed by atoms with Gasteiger partial charge in [-0.15, -0.1) is 0 Å². The largest absolute Gasteiger partial charge is 0.487 e. The first-order valence-corrected chi connectivity index (χ1v) is 6.44. The predicted molar refractivity (Wildman–Crippen MR) is 67.2 cm³/mol. The lowest BCUT2D eigenvalue weighted by atomic mass is 10.3. The maximum atomic E-state index is 13.6. The highest BCUT2D eigenvalue weighted by atomic mass is 19.1. The van der Waals surface area contributed by atoms with E-state index in [1.807, 2.05) is 13.8 Å². The molecule has 0 aliphatic rings. The third-order valence-corrected chi connectivity index (χ3v) is 2.50. The Morgan fingerprint density at radius 2 is 1.22 bits per heavy atom. The van der Waals surface area contributed by atoms with Crippen molar-refractivity contribution in [1.29, 1.82) is 0 Å². The Kier molecular flexibility index (Phi) is 6.47. The monoisotopic (exact) mass is 258 g/mol. The van der Waals surface area contributed by atoms with Gasteiger partial charge in [0.05, 0.1) is 13.2 Å². The highest BCUT2D eigenvalue weighted by molar-refractivity contribution is 5.42. The molecule has 0 N–H and O–H groups in total. The SMILES string of the molecule is CCCCOc1c(F)ccc(F)c1OCCCC. The second kappa shape index (κ2) is 7.90. The third-order valence-electron chi connectivity index (χ3n) is 2.50. The third kappa shape index (κ3) is 4.17. The van der Waals surface area contributed by atoms with E-state index in [4.69, 9.17) is 9.47 Å². The molecule has 0 fully saturated rings. The summed E-state index contributed by atoms with van der Waals surface area (Å²) in [6.45, 7) is 4.73. The number of benzene rings is 1. The van der Waals surface area contributed by atoms with Crippen LogP contribution < -0.4 is 9.47 Å². The number of hydrogen-bond acceptors (Lipinski definition) is 2. The molecular formula is C14H20F2O2. The molecule has 0 spiro atoms. The van der Waals surface area contributed by atoms with Crippen LogP contribution in [0.5, 0.6) is 11.5 Å². The minimum Gasteiger partial charge on any atom is -0.487 e. The van der Waals surface area contributed by atoms with Crippen LogP contribution in [0, 0.1) is 11.6 Å². The van der Waals surface area contributed by atoms with Crippen LogP contribution in [0.1, 0.15) is 39.5 Å². The summed E-state index contributed by atoms with van der Waals surface area (Å²) in [4.78, 5) is 0. The van der Waals surface area contributed by atoms with Crippen LogP contribution in [0.25, 0.3) is 0 Å². The van der Waals surface area contributed by atoms with Crippen molar-refractivity contribution in [3.8, 4) is 11.5 Å². The highest BCUT2D eigenvalue weighted by Crippen LogP contribution is 2.33. The molecule has 0 saturated heterocycles. The van der Waals surface area contributed by atoms with Gasteiger partial charge in [0.15, 0.2) is 23.1 Å². The number of unbranched alkanes of at least 4 members (excludes halogenated alkanes) is 2. The Balaban J connectivity index is 2.79. The van der Waals surface area contributed by atoms with Gasteiger partial charge in [-0.1, -0.05) is 26.7 Å². The highest BCUT2D eigenvalue weighted by Gasteiger charge is 2.16. The van der Waals surface area contributed by atoms with Gasteiger partial charge in [-0.3, -0.25) is 0 Å². The molecule has 1 aromatic carbocycles. The van der Waals surface area contributed by atoms with Gasteiger partial charge in [0, 0.05) is 0 Å². The van der Waals surface area contributed by atoms with Crippen LogP contribution >= 0.6 is 0 Å². The average molecular weight is 258 g/mol. The Hall–Kier alpha value is -1.32. The minimum atomic E-state index is -0.584. The number of halogens is 2. The first kappa shape index (κ1) is 14.7. The zero-order chi connectivity index (χ0) is 13.4. The molecule has 102 valence electrons. The van der Waals surface area contributed by atoms with E-state index in [-0.39, 0.29) is 11.5 Å². The fourth-order valence-corrected chi connectivity index (χ4v) is 1.42. The molecule has 0 aromatic heterocycles. The first-order chi connectivity index (χ1) is 8.70. The number of hydrogen-bond donors (Lipinski definition) is 0. The molecule has 18 heavy (non-hydrogen) atoms. The van der Waals surface area contributed by atoms with Crippen LogP contribution in [0.2, 0.25) is 0 Å². The molecule has 0 unspecified atom stereocenters. The summed E-state index contributed by atoms with van der Waals surface area (Å²) in [6, 6.07) is 2.12. The molecule has 0 amide bonds. The maximum Gasteiger partial charge on any atom is 0.200 e. The first-order valence-electron chi connectivity index (χ1n) is 6.44. The van der Waals surface area contributed by atoms with Crippen molar-refractivity contribution in [3.05, 3.63) is 23.8 Å². The smallest absolute Gasteiger partial charge is 0.200 e. The second-order valence-corrected chi connectivity index (χ2v) is 4.09. The van der Waals surface area contributed by atoms with Crippen LogP contribution in [0.4, 0.5) is 8.78 Å². The van der Waals surface area contributed by atoms with E-state index in [2.05, 4.69) is 0 Å². The Morgan fingerprint density at radius 1 is 0.833 bits per heavy atom. The van der Waals surface area contributed by atoms with E-state index >= 15 is 0 Å². The summed E-state index contributed by atoms with van der Waals surface area (Å²) in [5.41, 5.74) is 0. The molecule has 0 heterocycles. The van der Waals surface area contributed by atoms with Gasteiger partial charge < -0.3 is 9.47 Å². The van der Waals surface area contributed by atoms with E-state index in [9.17, 15) is 8.78 Å². The van der Waals surface area contributed by atoms with Crippen molar-refractivity contribution in [2.24, 2.45) is 0 Å². The predicted octanol–water partition coefficient (Wildman–Crippen LogP) is 4.32. The van der Waals surface area contributed by atoms with Gasteiger partial charge in [-0.05, 0) is 25.0 Å². The molecule has 4 heteroatoms. The molecule has 1 aromatic rings. The molecule has 0 radical (unpaired) electrons. The van der Waals surface area contributed by atoms with Crippen LogP contribution in [0.15, 0.2) is 12.1 Å². The number of ether oxygens (including phenoxy) is 2. The van der Waals surface area contributed by atoms with Crippen molar-refractivity contribution in [2.45, 2.75) is 39.5 Å². The van der Waals surface area contributed by atoms with Crippen molar-refractivity contribution in [3.63, 3.8) is 0 Å². The van der Waals surface area contributed by atoms with Crippen molar-refractivity contribution < 1.29 is 18.3 Å². The quantitative estimate of drug-likeness (QED) is 0.646. The summed E-state index contributed by atoms with van der Waals surface area (Å²) < 4.78 is 37.7. The van der Waals surface area contributed by atoms with E-state index in [1.54, 1.807) is 0 Å². The Labute approximate surface area is 107 Å². The molecule has 0 aliphatic carbocycles. The lowest BCUT2D eigenvalue weighted by Crippen LogP contribution is -2.05. The van der Waals surface area contributed by atoms with Gasteiger partial charge in [-0.2, -0.15) is 0 Å². The average Bonchev–Trinajstić information content (AvgIpc) is 2.36. The zero-order valence-corrected chi connectivity index (χ0v) is 11.0. The fourth-order valence-electron chi connectivity index (χ4n) is 1.42. The molecule has 0 aliphatic heterocycles. The molecule has 0 bridgehead atoms. The van der Waals surface area contributed by atoms with Crippen LogP contribution in [-0.2, 0) is 0 Å². The lowest BCUT2D eigenvalue weighted by Gasteiger charge is -2.13. The number of rotatable bonds is 8. The molecular weight excluding hydrogens is 238 g/mol. The molecule has 0 saturated carbocycles. The molecule has 1 rings (SSSR count). The van der Waals surface area contributed by atoms with Gasteiger partial charge in [-0.25, -0.2) is 8.78 Å². The molecule has 0 atom stereocenters. The van der Waals surface area contributed by atoms with Gasteiger partial charge in [0.1, 0.15) is 0 Å². The van der Waals surface area contributed by atoms with E-state index in [1.165, 1.54) is 0 Å². The Bertz CT molecular complexity index is 332. The van der Waals surface area contributed by atoms with Crippen molar-refractivity contribution in [1.82, 2.24) is 0 Å². The summed E-state index contributed by atoms with van der Waals surface area (Å²) in [5.74, 6) is -1.39. The lowest BCUT2D eigenvalue weighted by molar-refractivity contribution is 0.242. The van der Waals surface area contributed by atoms with E-state index < -0.39 is 11.6 Å². The van der Waals surface area contributed by atoms with Gasteiger partial charge in [0.2, 0.25) is 0 Å². The standard InChI is InChI=1S/C14H20F2O2/c1-3-5-9-17-13-11(15)7-8-12(16)14(13)18-10-6-4-2/h7-8H,3-6,9-10H2,1-2H3. The maximum absolute atomic E-state index is 13.6. The summed E-state index contributed by atoms with van der Waals surface area (Å²) in [6.07, 6.45) is 3.46. The second-order valence-electron chi connectivity index (χ2n) is 4.09. The van der Waals surface area contributed by atoms with E-state index in [0.29, 0.717) is 13.2 Å². The van der Waals surface area contributed by atoms with Crippen LogP contribution in [0.3, 0.4) is 0 Å². The topological polar surface area (TPSA) is 18.5 Å². The normalized spacial score (nSPS) is 10.4. The summed E-state index contributed by atoms with van der Waals surface area (Å²) in [7, 11) is 0. The summed E-state index contributed by atoms with van der Waals surface area (Å²) >= 11 is 0. The minimum absolute atomic E-state index is 0.112. The molecule has 2 nitrogen and oxygen atoms in total. The van der Waals surface area contributed by atoms with Crippen molar-refractivity contribution in [2.75, 3.05) is 13.2 Å². The summed E-state index contributed by atoms with van der Waals surface area (Å²) in [5, 5.41) is 0. The van der Waals surface area contributed by atoms with Gasteiger partial charge in [0.25, 0.3) is 0 Å². The van der Waals surface area contributed by atoms with Crippen molar-refractivity contribution >= 4 is 0 Å². The van der Waals surface area contributed by atoms with Gasteiger partial charge >= 0.3 is 0 Å². The Morgan fingerprint density at radius 3 is 1.56 bits per heavy atom. The van der Waals surface area contributed by atoms with Crippen LogP contribution in [-0.4, -0.2) is 13.2 Å². The zero-order valence-electron chi connectivity index (χ0n) is 11.0. The van der Waals surface area contributed by atoms with E-state index in [0.717, 1.165) is 37.8 Å². The fraction of sp³-hybridized carbons (Fsp3) is 0.571.